The van der Waals surface area contributed by atoms with E-state index in [-0.39, 0.29) is 17.9 Å². The molecule has 1 aromatic carbocycles. The van der Waals surface area contributed by atoms with Crippen LogP contribution in [0.15, 0.2) is 23.4 Å². The van der Waals surface area contributed by atoms with Crippen molar-refractivity contribution in [1.29, 1.82) is 0 Å². The highest BCUT2D eigenvalue weighted by atomic mass is 35.5. The molecule has 32 heavy (non-hydrogen) atoms. The quantitative estimate of drug-likeness (QED) is 0.569. The standard InChI is InChI=1S/C22H27Cl2N5O2S/c1-15(30)27-9-11-28(12-10-27)20(31)14-32-22-26-25-21(18-8-7-16(23)13-19(18)24)29(22)17-5-3-2-4-6-17/h7-8,13,17H,2-6,9-12,14H2,1H3. The van der Waals surface area contributed by atoms with Gasteiger partial charge in [-0.2, -0.15) is 0 Å². The smallest absolute Gasteiger partial charge is 0.233 e. The lowest BCUT2D eigenvalue weighted by atomic mass is 9.95. The van der Waals surface area contributed by atoms with E-state index in [2.05, 4.69) is 14.8 Å². The molecule has 0 spiro atoms. The fraction of sp³-hybridized carbons (Fsp3) is 0.545. The number of piperazine rings is 1. The third kappa shape index (κ3) is 5.24. The summed E-state index contributed by atoms with van der Waals surface area (Å²) in [7, 11) is 0. The van der Waals surface area contributed by atoms with Crippen molar-refractivity contribution in [2.75, 3.05) is 31.9 Å². The molecule has 1 aliphatic carbocycles. The molecule has 2 heterocycles. The molecule has 1 saturated carbocycles. The average molecular weight is 496 g/mol. The van der Waals surface area contributed by atoms with E-state index in [1.54, 1.807) is 24.0 Å². The van der Waals surface area contributed by atoms with Crippen molar-refractivity contribution in [1.82, 2.24) is 24.6 Å². The van der Waals surface area contributed by atoms with E-state index in [1.165, 1.54) is 31.0 Å². The van der Waals surface area contributed by atoms with E-state index in [1.807, 2.05) is 11.0 Å². The molecule has 0 unspecified atom stereocenters. The van der Waals surface area contributed by atoms with Gasteiger partial charge in [-0.1, -0.05) is 54.2 Å². The second-order valence-corrected chi connectivity index (χ2v) is 10.1. The van der Waals surface area contributed by atoms with Crippen LogP contribution < -0.4 is 0 Å². The van der Waals surface area contributed by atoms with E-state index in [9.17, 15) is 9.59 Å². The zero-order valence-corrected chi connectivity index (χ0v) is 20.4. The topological polar surface area (TPSA) is 71.3 Å². The summed E-state index contributed by atoms with van der Waals surface area (Å²) in [5, 5.41) is 10.8. The first-order chi connectivity index (χ1) is 15.4. The minimum absolute atomic E-state index is 0.0560. The van der Waals surface area contributed by atoms with Crippen molar-refractivity contribution in [2.45, 2.75) is 50.2 Å². The molecule has 0 N–H and O–H groups in total. The molecule has 1 aliphatic heterocycles. The molecule has 2 aromatic rings. The zero-order valence-electron chi connectivity index (χ0n) is 18.1. The third-order valence-corrected chi connectivity index (χ3v) is 7.65. The van der Waals surface area contributed by atoms with Crippen LogP contribution in [-0.4, -0.2) is 68.3 Å². The van der Waals surface area contributed by atoms with Gasteiger partial charge in [0.25, 0.3) is 0 Å². The Labute approximate surface area is 202 Å². The minimum Gasteiger partial charge on any atom is -0.339 e. The van der Waals surface area contributed by atoms with Gasteiger partial charge >= 0.3 is 0 Å². The van der Waals surface area contributed by atoms with Gasteiger partial charge in [-0.05, 0) is 31.0 Å². The zero-order chi connectivity index (χ0) is 22.7. The summed E-state index contributed by atoms with van der Waals surface area (Å²) in [5.41, 5.74) is 0.799. The lowest BCUT2D eigenvalue weighted by Crippen LogP contribution is -2.50. The van der Waals surface area contributed by atoms with Crippen molar-refractivity contribution >= 4 is 46.8 Å². The fourth-order valence-electron chi connectivity index (χ4n) is 4.39. The molecule has 0 atom stereocenters. The van der Waals surface area contributed by atoms with Gasteiger partial charge in [0, 0.05) is 49.7 Å². The number of halogens is 2. The van der Waals surface area contributed by atoms with Gasteiger partial charge in [0.2, 0.25) is 11.8 Å². The Bertz CT molecular complexity index is 985. The Balaban J connectivity index is 1.51. The van der Waals surface area contributed by atoms with Crippen molar-refractivity contribution in [3.05, 3.63) is 28.2 Å². The summed E-state index contributed by atoms with van der Waals surface area (Å²) in [6.07, 6.45) is 5.69. The second kappa shape index (κ2) is 10.4. The molecule has 1 aromatic heterocycles. The normalized spacial score (nSPS) is 17.6. The van der Waals surface area contributed by atoms with Crippen molar-refractivity contribution < 1.29 is 9.59 Å². The Kier molecular flexibility index (Phi) is 7.63. The second-order valence-electron chi connectivity index (χ2n) is 8.27. The van der Waals surface area contributed by atoms with E-state index in [0.29, 0.717) is 42.0 Å². The number of rotatable bonds is 5. The molecule has 1 saturated heterocycles. The van der Waals surface area contributed by atoms with Crippen molar-refractivity contribution in [3.8, 4) is 11.4 Å². The van der Waals surface area contributed by atoms with Gasteiger partial charge in [-0.15, -0.1) is 10.2 Å². The minimum atomic E-state index is 0.0560. The molecule has 0 bridgehead atoms. The maximum Gasteiger partial charge on any atom is 0.233 e. The van der Waals surface area contributed by atoms with Gasteiger partial charge < -0.3 is 9.80 Å². The SMILES string of the molecule is CC(=O)N1CCN(C(=O)CSc2nnc(-c3ccc(Cl)cc3Cl)n2C2CCCCC2)CC1. The Morgan fingerprint density at radius 1 is 1.03 bits per heavy atom. The number of nitrogens with zero attached hydrogens (tertiary/aromatic N) is 5. The molecule has 2 aliphatic rings. The highest BCUT2D eigenvalue weighted by molar-refractivity contribution is 7.99. The van der Waals surface area contributed by atoms with Gasteiger partial charge in [0.1, 0.15) is 0 Å². The molecule has 172 valence electrons. The number of aromatic nitrogens is 3. The predicted octanol–water partition coefficient (Wildman–Crippen LogP) is 4.54. The van der Waals surface area contributed by atoms with Crippen molar-refractivity contribution in [3.63, 3.8) is 0 Å². The average Bonchev–Trinajstić information content (AvgIpc) is 3.21. The van der Waals surface area contributed by atoms with Crippen molar-refractivity contribution in [2.24, 2.45) is 0 Å². The number of benzene rings is 1. The lowest BCUT2D eigenvalue weighted by Gasteiger charge is -2.34. The molecule has 0 radical (unpaired) electrons. The van der Waals surface area contributed by atoms with Crippen LogP contribution in [-0.2, 0) is 9.59 Å². The number of carbonyl (C=O) groups is 2. The monoisotopic (exact) mass is 495 g/mol. The summed E-state index contributed by atoms with van der Waals surface area (Å²) in [6, 6.07) is 5.69. The van der Waals surface area contributed by atoms with Crippen LogP contribution in [0.1, 0.15) is 45.1 Å². The van der Waals surface area contributed by atoms with Crippen LogP contribution in [0.4, 0.5) is 0 Å². The highest BCUT2D eigenvalue weighted by Gasteiger charge is 2.27. The summed E-state index contributed by atoms with van der Waals surface area (Å²) in [4.78, 5) is 27.9. The number of carbonyl (C=O) groups excluding carboxylic acids is 2. The summed E-state index contributed by atoms with van der Waals surface area (Å²) >= 11 is 14.0. The van der Waals surface area contributed by atoms with Crippen LogP contribution in [0.5, 0.6) is 0 Å². The summed E-state index contributed by atoms with van der Waals surface area (Å²) in [5.74, 6) is 1.13. The predicted molar refractivity (Wildman–Crippen MR) is 127 cm³/mol. The number of thioether (sulfide) groups is 1. The lowest BCUT2D eigenvalue weighted by molar-refractivity contribution is -0.136. The van der Waals surface area contributed by atoms with Crippen LogP contribution >= 0.6 is 35.0 Å². The van der Waals surface area contributed by atoms with E-state index < -0.39 is 0 Å². The highest BCUT2D eigenvalue weighted by Crippen LogP contribution is 2.38. The van der Waals surface area contributed by atoms with Crippen LogP contribution in [0, 0.1) is 0 Å². The van der Waals surface area contributed by atoms with Crippen LogP contribution in [0.3, 0.4) is 0 Å². The van der Waals surface area contributed by atoms with Gasteiger partial charge in [-0.25, -0.2) is 0 Å². The first-order valence-corrected chi connectivity index (χ1v) is 12.7. The first kappa shape index (κ1) is 23.4. The molecule has 2 amide bonds. The summed E-state index contributed by atoms with van der Waals surface area (Å²) in [6.45, 7) is 3.88. The maximum atomic E-state index is 12.8. The number of hydrogen-bond acceptors (Lipinski definition) is 5. The number of amides is 2. The van der Waals surface area contributed by atoms with E-state index in [4.69, 9.17) is 23.2 Å². The van der Waals surface area contributed by atoms with Gasteiger partial charge in [0.15, 0.2) is 11.0 Å². The molecule has 10 heteroatoms. The van der Waals surface area contributed by atoms with Crippen LogP contribution in [0.2, 0.25) is 10.0 Å². The summed E-state index contributed by atoms with van der Waals surface area (Å²) < 4.78 is 2.17. The fourth-order valence-corrected chi connectivity index (χ4v) is 5.79. The maximum absolute atomic E-state index is 12.8. The Morgan fingerprint density at radius 3 is 2.38 bits per heavy atom. The molecular weight excluding hydrogens is 469 g/mol. The van der Waals surface area contributed by atoms with E-state index >= 15 is 0 Å². The molecule has 2 fully saturated rings. The molecule has 7 nitrogen and oxygen atoms in total. The Morgan fingerprint density at radius 2 is 1.72 bits per heavy atom. The third-order valence-electron chi connectivity index (χ3n) is 6.18. The van der Waals surface area contributed by atoms with Crippen LogP contribution in [0.25, 0.3) is 11.4 Å². The van der Waals surface area contributed by atoms with E-state index in [0.717, 1.165) is 29.4 Å². The Hall–Kier alpha value is -1.77. The van der Waals surface area contributed by atoms with Gasteiger partial charge in [0.05, 0.1) is 10.8 Å². The first-order valence-electron chi connectivity index (χ1n) is 11.0. The van der Waals surface area contributed by atoms with Gasteiger partial charge in [-0.3, -0.25) is 14.2 Å². The molecule has 4 rings (SSSR count). The number of hydrogen-bond donors (Lipinski definition) is 0. The largest absolute Gasteiger partial charge is 0.339 e. The molecular formula is C22H27Cl2N5O2S.